The Bertz CT molecular complexity index is 131. The summed E-state index contributed by atoms with van der Waals surface area (Å²) in [5.41, 5.74) is 0. The van der Waals surface area contributed by atoms with Gasteiger partial charge < -0.3 is 19.3 Å². The van der Waals surface area contributed by atoms with Crippen molar-refractivity contribution in [3.63, 3.8) is 0 Å². The quantitative estimate of drug-likeness (QED) is 0.470. The Kier molecular flexibility index (Phi) is 15.2. The van der Waals surface area contributed by atoms with Gasteiger partial charge in [-0.15, -0.1) is 0 Å². The number of carbonyl (C=O) groups is 1. The molecule has 0 unspecified atom stereocenters. The van der Waals surface area contributed by atoms with Gasteiger partial charge in [-0.3, -0.25) is 4.79 Å². The van der Waals surface area contributed by atoms with Gasteiger partial charge in [0.25, 0.3) is 0 Å². The zero-order valence-electron chi connectivity index (χ0n) is 8.53. The van der Waals surface area contributed by atoms with Crippen molar-refractivity contribution >= 4 is 5.97 Å². The van der Waals surface area contributed by atoms with Gasteiger partial charge >= 0.3 is 5.97 Å². The zero-order valence-corrected chi connectivity index (χ0v) is 11.5. The van der Waals surface area contributed by atoms with Gasteiger partial charge in [-0.1, -0.05) is 0 Å². The molecule has 0 aliphatic rings. The summed E-state index contributed by atoms with van der Waals surface area (Å²) >= 11 is 0. The molecule has 14 heavy (non-hydrogen) atoms. The molecule has 0 saturated carbocycles. The molecule has 80 valence electrons. The summed E-state index contributed by atoms with van der Waals surface area (Å²) < 4.78 is 14.8. The van der Waals surface area contributed by atoms with E-state index in [9.17, 15) is 4.79 Å². The van der Waals surface area contributed by atoms with Crippen LogP contribution in [0.2, 0.25) is 0 Å². The number of carboxylic acid groups (broad SMARTS) is 1. The Labute approximate surface area is 96.5 Å². The monoisotopic (exact) mass is 256 g/mol. The van der Waals surface area contributed by atoms with Crippen molar-refractivity contribution in [1.82, 2.24) is 0 Å². The van der Waals surface area contributed by atoms with E-state index in [1.807, 2.05) is 0 Å². The molecule has 0 atom stereocenters. The number of methoxy groups -OCH3 is 1. The molecule has 0 aromatic heterocycles. The van der Waals surface area contributed by atoms with Gasteiger partial charge in [0.1, 0.15) is 0 Å². The van der Waals surface area contributed by atoms with Crippen molar-refractivity contribution in [2.24, 2.45) is 0 Å². The van der Waals surface area contributed by atoms with Crippen LogP contribution in [0.5, 0.6) is 0 Å². The Balaban J connectivity index is 0. The van der Waals surface area contributed by atoms with E-state index in [0.29, 0.717) is 26.4 Å². The zero-order chi connectivity index (χ0) is 9.94. The molecule has 0 saturated heterocycles. The Hall–Kier alpha value is -0.0266. The van der Waals surface area contributed by atoms with Gasteiger partial charge in [0.15, 0.2) is 0 Å². The fraction of sp³-hybridized carbons (Fsp3) is 0.875. The molecule has 0 radical (unpaired) electrons. The van der Waals surface area contributed by atoms with Crippen LogP contribution < -0.4 is 0 Å². The first kappa shape index (κ1) is 16.4. The second-order valence-electron chi connectivity index (χ2n) is 2.36. The van der Waals surface area contributed by atoms with Crippen molar-refractivity contribution in [3.8, 4) is 0 Å². The number of hydrogen-bond donors (Lipinski definition) is 1. The van der Waals surface area contributed by atoms with Crippen LogP contribution in [-0.2, 0) is 38.5 Å². The Morgan fingerprint density at radius 3 is 2.07 bits per heavy atom. The largest absolute Gasteiger partial charge is 0.481 e. The average Bonchev–Trinajstić information content (AvgIpc) is 2.09. The van der Waals surface area contributed by atoms with Crippen molar-refractivity contribution in [3.05, 3.63) is 0 Å². The van der Waals surface area contributed by atoms with Crippen molar-refractivity contribution in [1.29, 1.82) is 0 Å². The number of hydrogen-bond acceptors (Lipinski definition) is 4. The first-order valence-electron chi connectivity index (χ1n) is 4.13. The van der Waals surface area contributed by atoms with E-state index < -0.39 is 5.97 Å². The van der Waals surface area contributed by atoms with Gasteiger partial charge in [-0.2, -0.15) is 0 Å². The maximum absolute atomic E-state index is 10.0. The minimum Gasteiger partial charge on any atom is -0.481 e. The molecule has 0 fully saturated rings. The first-order valence-corrected chi connectivity index (χ1v) is 4.13. The molecule has 6 heteroatoms. The molecule has 0 heterocycles. The SMILES string of the molecule is COCCOCCOCCC(=O)O.[Zn]. The van der Waals surface area contributed by atoms with Crippen LogP contribution in [0.1, 0.15) is 6.42 Å². The number of carboxylic acids is 1. The maximum Gasteiger partial charge on any atom is 0.305 e. The van der Waals surface area contributed by atoms with Gasteiger partial charge in [-0.05, 0) is 0 Å². The molecule has 0 aliphatic carbocycles. The standard InChI is InChI=1S/C8H16O5.Zn/c1-11-4-5-13-7-6-12-3-2-8(9)10;/h2-7H2,1H3,(H,9,10);. The topological polar surface area (TPSA) is 65.0 Å². The Morgan fingerprint density at radius 1 is 1.07 bits per heavy atom. The molecular formula is C8H16O5Zn. The summed E-state index contributed by atoms with van der Waals surface area (Å²) in [7, 11) is 1.60. The van der Waals surface area contributed by atoms with E-state index in [1.54, 1.807) is 7.11 Å². The third-order valence-corrected chi connectivity index (χ3v) is 1.26. The number of rotatable bonds is 9. The summed E-state index contributed by atoms with van der Waals surface area (Å²) in [5, 5.41) is 8.26. The molecule has 0 aromatic rings. The van der Waals surface area contributed by atoms with E-state index in [0.717, 1.165) is 0 Å². The van der Waals surface area contributed by atoms with Gasteiger partial charge in [-0.25, -0.2) is 0 Å². The summed E-state index contributed by atoms with van der Waals surface area (Å²) in [6, 6.07) is 0. The van der Waals surface area contributed by atoms with Gasteiger partial charge in [0.2, 0.25) is 0 Å². The van der Waals surface area contributed by atoms with Crippen molar-refractivity contribution in [2.75, 3.05) is 40.1 Å². The number of aliphatic carboxylic acids is 1. The molecule has 0 bridgehead atoms. The third-order valence-electron chi connectivity index (χ3n) is 1.26. The predicted octanol–water partition coefficient (Wildman–Crippen LogP) is 0.138. The minimum absolute atomic E-state index is 0. The van der Waals surface area contributed by atoms with Crippen molar-refractivity contribution in [2.45, 2.75) is 6.42 Å². The second-order valence-corrected chi connectivity index (χ2v) is 2.36. The molecular weight excluding hydrogens is 241 g/mol. The summed E-state index contributed by atoms with van der Waals surface area (Å²) in [6.45, 7) is 2.25. The number of ether oxygens (including phenoxy) is 3. The van der Waals surface area contributed by atoms with Crippen LogP contribution >= 0.6 is 0 Å². The third kappa shape index (κ3) is 14.5. The van der Waals surface area contributed by atoms with Crippen LogP contribution in [0.15, 0.2) is 0 Å². The maximum atomic E-state index is 10.0. The summed E-state index contributed by atoms with van der Waals surface area (Å²) in [4.78, 5) is 10.0. The molecule has 0 amide bonds. The van der Waals surface area contributed by atoms with Gasteiger partial charge in [0.05, 0.1) is 39.5 Å². The second kappa shape index (κ2) is 13.0. The molecule has 0 aromatic carbocycles. The van der Waals surface area contributed by atoms with Crippen LogP contribution in [0.3, 0.4) is 0 Å². The molecule has 0 rings (SSSR count). The van der Waals surface area contributed by atoms with E-state index >= 15 is 0 Å². The molecule has 1 N–H and O–H groups in total. The Morgan fingerprint density at radius 2 is 1.57 bits per heavy atom. The molecule has 0 spiro atoms. The first-order chi connectivity index (χ1) is 6.27. The van der Waals surface area contributed by atoms with Crippen LogP contribution in [0.4, 0.5) is 0 Å². The minimum atomic E-state index is -0.847. The fourth-order valence-electron chi connectivity index (χ4n) is 0.624. The van der Waals surface area contributed by atoms with Crippen LogP contribution in [-0.4, -0.2) is 51.2 Å². The van der Waals surface area contributed by atoms with Crippen LogP contribution in [0, 0.1) is 0 Å². The van der Waals surface area contributed by atoms with E-state index in [2.05, 4.69) is 0 Å². The molecule has 0 aliphatic heterocycles. The fourth-order valence-corrected chi connectivity index (χ4v) is 0.624. The van der Waals surface area contributed by atoms with Gasteiger partial charge in [0, 0.05) is 26.6 Å². The average molecular weight is 258 g/mol. The van der Waals surface area contributed by atoms with E-state index in [-0.39, 0.29) is 32.5 Å². The summed E-state index contributed by atoms with van der Waals surface area (Å²) in [6.07, 6.45) is 0.0398. The van der Waals surface area contributed by atoms with E-state index in [4.69, 9.17) is 19.3 Å². The van der Waals surface area contributed by atoms with E-state index in [1.165, 1.54) is 0 Å². The van der Waals surface area contributed by atoms with Crippen LogP contribution in [0.25, 0.3) is 0 Å². The van der Waals surface area contributed by atoms with Crippen molar-refractivity contribution < 1.29 is 43.6 Å². The predicted molar refractivity (Wildman–Crippen MR) is 45.8 cm³/mol. The molecule has 5 nitrogen and oxygen atoms in total. The smallest absolute Gasteiger partial charge is 0.305 e. The summed E-state index contributed by atoms with van der Waals surface area (Å²) in [5.74, 6) is -0.847. The normalized spacial score (nSPS) is 9.50.